The third-order valence-corrected chi connectivity index (χ3v) is 4.56. The largest absolute Gasteiger partial charge is 0.481 e. The van der Waals surface area contributed by atoms with E-state index >= 15 is 0 Å². The summed E-state index contributed by atoms with van der Waals surface area (Å²) >= 11 is 0. The molecule has 0 bridgehead atoms. The molecule has 0 heterocycles. The molecule has 2 rings (SSSR count). The fraction of sp³-hybridized carbons (Fsp3) is 0.867. The van der Waals surface area contributed by atoms with Crippen LogP contribution in [0, 0.1) is 11.8 Å². The van der Waals surface area contributed by atoms with Gasteiger partial charge in [0.25, 0.3) is 0 Å². The highest BCUT2D eigenvalue weighted by Crippen LogP contribution is 2.30. The van der Waals surface area contributed by atoms with E-state index in [-0.39, 0.29) is 24.5 Å². The standard InChI is InChI=1S/C15H26N2O3/c1-10-3-6-13(11(2)9-10)16-15(20)17(12-4-5-12)8-7-14(18)19/h10-13H,3-9H2,1-2H3,(H,16,20)(H,18,19). The van der Waals surface area contributed by atoms with Gasteiger partial charge in [-0.2, -0.15) is 0 Å². The van der Waals surface area contributed by atoms with E-state index < -0.39 is 5.97 Å². The summed E-state index contributed by atoms with van der Waals surface area (Å²) in [6.45, 7) is 4.78. The van der Waals surface area contributed by atoms with Gasteiger partial charge in [-0.05, 0) is 43.9 Å². The van der Waals surface area contributed by atoms with Crippen molar-refractivity contribution in [1.29, 1.82) is 0 Å². The summed E-state index contributed by atoms with van der Waals surface area (Å²) in [5.74, 6) is 0.399. The van der Waals surface area contributed by atoms with Gasteiger partial charge in [-0.15, -0.1) is 0 Å². The van der Waals surface area contributed by atoms with Crippen molar-refractivity contribution in [3.63, 3.8) is 0 Å². The summed E-state index contributed by atoms with van der Waals surface area (Å²) in [6, 6.07) is 0.428. The number of hydrogen-bond donors (Lipinski definition) is 2. The topological polar surface area (TPSA) is 69.6 Å². The number of rotatable bonds is 5. The summed E-state index contributed by atoms with van der Waals surface area (Å²) < 4.78 is 0. The second-order valence-corrected chi connectivity index (χ2v) is 6.52. The Morgan fingerprint density at radius 3 is 2.45 bits per heavy atom. The molecule has 0 saturated heterocycles. The van der Waals surface area contributed by atoms with E-state index in [0.717, 1.165) is 38.0 Å². The highest BCUT2D eigenvalue weighted by Gasteiger charge is 2.35. The number of hydrogen-bond acceptors (Lipinski definition) is 2. The molecule has 0 aromatic carbocycles. The van der Waals surface area contributed by atoms with Gasteiger partial charge >= 0.3 is 12.0 Å². The van der Waals surface area contributed by atoms with Gasteiger partial charge in [0.15, 0.2) is 0 Å². The lowest BCUT2D eigenvalue weighted by molar-refractivity contribution is -0.137. The van der Waals surface area contributed by atoms with Gasteiger partial charge in [0, 0.05) is 18.6 Å². The summed E-state index contributed by atoms with van der Waals surface area (Å²) in [5, 5.41) is 11.9. The van der Waals surface area contributed by atoms with Crippen molar-refractivity contribution in [2.24, 2.45) is 11.8 Å². The van der Waals surface area contributed by atoms with Crippen LogP contribution in [-0.4, -0.2) is 40.6 Å². The van der Waals surface area contributed by atoms with Gasteiger partial charge < -0.3 is 15.3 Å². The van der Waals surface area contributed by atoms with E-state index in [2.05, 4.69) is 19.2 Å². The van der Waals surface area contributed by atoms with E-state index in [1.54, 1.807) is 4.90 Å². The fourth-order valence-corrected chi connectivity index (χ4v) is 3.17. The van der Waals surface area contributed by atoms with Crippen LogP contribution < -0.4 is 5.32 Å². The quantitative estimate of drug-likeness (QED) is 0.813. The number of carbonyl (C=O) groups excluding carboxylic acids is 1. The highest BCUT2D eigenvalue weighted by atomic mass is 16.4. The molecule has 2 saturated carbocycles. The Morgan fingerprint density at radius 2 is 1.90 bits per heavy atom. The molecule has 2 N–H and O–H groups in total. The number of carbonyl (C=O) groups is 2. The average molecular weight is 282 g/mol. The zero-order valence-corrected chi connectivity index (χ0v) is 12.5. The van der Waals surface area contributed by atoms with Crippen molar-refractivity contribution >= 4 is 12.0 Å². The van der Waals surface area contributed by atoms with Crippen molar-refractivity contribution in [3.05, 3.63) is 0 Å². The van der Waals surface area contributed by atoms with E-state index in [4.69, 9.17) is 5.11 Å². The summed E-state index contributed by atoms with van der Waals surface area (Å²) in [4.78, 5) is 24.8. The Hall–Kier alpha value is -1.26. The Balaban J connectivity index is 1.86. The zero-order chi connectivity index (χ0) is 14.7. The van der Waals surface area contributed by atoms with Crippen LogP contribution in [-0.2, 0) is 4.79 Å². The van der Waals surface area contributed by atoms with E-state index in [1.165, 1.54) is 0 Å². The number of carboxylic acids is 1. The van der Waals surface area contributed by atoms with Crippen molar-refractivity contribution in [1.82, 2.24) is 10.2 Å². The number of aliphatic carboxylic acids is 1. The molecule has 0 aromatic rings. The zero-order valence-electron chi connectivity index (χ0n) is 12.5. The number of carboxylic acid groups (broad SMARTS) is 1. The number of nitrogens with one attached hydrogen (secondary N) is 1. The van der Waals surface area contributed by atoms with Crippen molar-refractivity contribution < 1.29 is 14.7 Å². The second-order valence-electron chi connectivity index (χ2n) is 6.52. The fourth-order valence-electron chi connectivity index (χ4n) is 3.17. The lowest BCUT2D eigenvalue weighted by Gasteiger charge is -2.35. The maximum atomic E-state index is 12.4. The molecule has 0 aromatic heterocycles. The van der Waals surface area contributed by atoms with Crippen LogP contribution in [0.5, 0.6) is 0 Å². The molecule has 0 radical (unpaired) electrons. The molecule has 2 fully saturated rings. The second kappa shape index (κ2) is 6.46. The molecule has 3 unspecified atom stereocenters. The maximum absolute atomic E-state index is 12.4. The van der Waals surface area contributed by atoms with Crippen molar-refractivity contribution in [2.75, 3.05) is 6.54 Å². The summed E-state index contributed by atoms with van der Waals surface area (Å²) in [5.41, 5.74) is 0. The third-order valence-electron chi connectivity index (χ3n) is 4.56. The molecular formula is C15H26N2O3. The minimum atomic E-state index is -0.844. The van der Waals surface area contributed by atoms with Gasteiger partial charge in [-0.25, -0.2) is 4.79 Å². The van der Waals surface area contributed by atoms with Gasteiger partial charge in [0.1, 0.15) is 0 Å². The molecule has 0 aliphatic heterocycles. The molecule has 0 spiro atoms. The smallest absolute Gasteiger partial charge is 0.317 e. The van der Waals surface area contributed by atoms with Gasteiger partial charge in [-0.1, -0.05) is 13.8 Å². The predicted molar refractivity (Wildman–Crippen MR) is 76.5 cm³/mol. The van der Waals surface area contributed by atoms with Crippen LogP contribution in [0.1, 0.15) is 52.4 Å². The molecule has 5 heteroatoms. The lowest BCUT2D eigenvalue weighted by atomic mass is 9.80. The molecule has 5 nitrogen and oxygen atoms in total. The van der Waals surface area contributed by atoms with Gasteiger partial charge in [0.2, 0.25) is 0 Å². The average Bonchev–Trinajstić information content (AvgIpc) is 3.17. The monoisotopic (exact) mass is 282 g/mol. The van der Waals surface area contributed by atoms with E-state index in [0.29, 0.717) is 12.5 Å². The summed E-state index contributed by atoms with van der Waals surface area (Å²) in [6.07, 6.45) is 5.39. The minimum absolute atomic E-state index is 0.0289. The van der Waals surface area contributed by atoms with Crippen LogP contribution in [0.15, 0.2) is 0 Å². The normalized spacial score (nSPS) is 29.8. The molecule has 2 amide bonds. The third kappa shape index (κ3) is 4.12. The van der Waals surface area contributed by atoms with Gasteiger partial charge in [-0.3, -0.25) is 4.79 Å². The Morgan fingerprint density at radius 1 is 1.20 bits per heavy atom. The minimum Gasteiger partial charge on any atom is -0.481 e. The van der Waals surface area contributed by atoms with Crippen molar-refractivity contribution in [3.8, 4) is 0 Å². The number of urea groups is 1. The Kier molecular flexibility index (Phi) is 4.89. The van der Waals surface area contributed by atoms with E-state index in [9.17, 15) is 9.59 Å². The summed E-state index contributed by atoms with van der Waals surface area (Å²) in [7, 11) is 0. The van der Waals surface area contributed by atoms with E-state index in [1.807, 2.05) is 0 Å². The first-order chi connectivity index (χ1) is 9.47. The molecule has 2 aliphatic carbocycles. The highest BCUT2D eigenvalue weighted by molar-refractivity contribution is 5.76. The Bertz CT molecular complexity index is 368. The first kappa shape index (κ1) is 15.1. The first-order valence-corrected chi connectivity index (χ1v) is 7.76. The van der Waals surface area contributed by atoms with Crippen LogP contribution in [0.3, 0.4) is 0 Å². The van der Waals surface area contributed by atoms with Crippen LogP contribution in [0.25, 0.3) is 0 Å². The molecule has 20 heavy (non-hydrogen) atoms. The first-order valence-electron chi connectivity index (χ1n) is 7.76. The molecule has 3 atom stereocenters. The van der Waals surface area contributed by atoms with Crippen molar-refractivity contribution in [2.45, 2.75) is 64.5 Å². The van der Waals surface area contributed by atoms with Gasteiger partial charge in [0.05, 0.1) is 6.42 Å². The number of amides is 2. The predicted octanol–water partition coefficient (Wildman–Crippen LogP) is 2.46. The van der Waals surface area contributed by atoms with Crippen LogP contribution >= 0.6 is 0 Å². The molecular weight excluding hydrogens is 256 g/mol. The molecule has 114 valence electrons. The Labute approximate surface area is 120 Å². The maximum Gasteiger partial charge on any atom is 0.317 e. The lowest BCUT2D eigenvalue weighted by Crippen LogP contribution is -2.49. The molecule has 2 aliphatic rings. The van der Waals surface area contributed by atoms with Crippen LogP contribution in [0.4, 0.5) is 4.79 Å². The van der Waals surface area contributed by atoms with Crippen LogP contribution in [0.2, 0.25) is 0 Å². The SMILES string of the molecule is CC1CCC(NC(=O)N(CCC(=O)O)C2CC2)C(C)C1. The number of nitrogens with zero attached hydrogens (tertiary/aromatic N) is 1.